The molecule has 1 aliphatic rings. The molecule has 3 N–H and O–H groups in total. The summed E-state index contributed by atoms with van der Waals surface area (Å²) in [7, 11) is 1.64. The van der Waals surface area contributed by atoms with Crippen molar-refractivity contribution in [3.05, 3.63) is 30.0 Å². The molecule has 1 aromatic carbocycles. The van der Waals surface area contributed by atoms with Crippen molar-refractivity contribution >= 4 is 16.8 Å². The van der Waals surface area contributed by atoms with Gasteiger partial charge >= 0.3 is 0 Å². The molecule has 0 aliphatic heterocycles. The van der Waals surface area contributed by atoms with Gasteiger partial charge in [-0.15, -0.1) is 0 Å². The number of hydrogen-bond donors (Lipinski definition) is 3. The van der Waals surface area contributed by atoms with E-state index in [1.165, 1.54) is 0 Å². The molecule has 2 aromatic rings. The first-order valence-electron chi connectivity index (χ1n) is 8.24. The fourth-order valence-corrected chi connectivity index (χ4v) is 3.37. The summed E-state index contributed by atoms with van der Waals surface area (Å²) in [6.45, 7) is 0.654. The van der Waals surface area contributed by atoms with E-state index >= 15 is 0 Å². The summed E-state index contributed by atoms with van der Waals surface area (Å²) in [6.07, 6.45) is 5.85. The van der Waals surface area contributed by atoms with Crippen LogP contribution >= 0.6 is 0 Å². The van der Waals surface area contributed by atoms with Crippen LogP contribution in [0.25, 0.3) is 10.9 Å². The summed E-state index contributed by atoms with van der Waals surface area (Å²) in [5.41, 5.74) is 1.98. The Balaban J connectivity index is 1.59. The van der Waals surface area contributed by atoms with Crippen LogP contribution in [0.5, 0.6) is 5.75 Å². The number of aromatic nitrogens is 1. The van der Waals surface area contributed by atoms with E-state index < -0.39 is 0 Å². The van der Waals surface area contributed by atoms with Crippen LogP contribution in [0.4, 0.5) is 0 Å². The molecule has 124 valence electrons. The van der Waals surface area contributed by atoms with Crippen LogP contribution in [0.1, 0.15) is 31.2 Å². The van der Waals surface area contributed by atoms with Gasteiger partial charge in [-0.05, 0) is 48.9 Å². The van der Waals surface area contributed by atoms with E-state index in [1.54, 1.807) is 7.11 Å². The molecule has 0 saturated heterocycles. The van der Waals surface area contributed by atoms with Gasteiger partial charge < -0.3 is 20.1 Å². The number of carbonyl (C=O) groups excluding carboxylic acids is 1. The largest absolute Gasteiger partial charge is 0.497 e. The van der Waals surface area contributed by atoms with Gasteiger partial charge in [0.1, 0.15) is 5.75 Å². The number of nitrogens with one attached hydrogen (secondary N) is 2. The summed E-state index contributed by atoms with van der Waals surface area (Å²) in [6, 6.07) is 5.81. The van der Waals surface area contributed by atoms with Crippen LogP contribution in [0.3, 0.4) is 0 Å². The molecule has 1 heterocycles. The monoisotopic (exact) mass is 316 g/mol. The highest BCUT2D eigenvalue weighted by atomic mass is 16.5. The first-order valence-corrected chi connectivity index (χ1v) is 8.24. The maximum absolute atomic E-state index is 12.2. The number of aliphatic hydroxyl groups is 1. The highest BCUT2D eigenvalue weighted by Gasteiger charge is 2.20. The average Bonchev–Trinajstić information content (AvgIpc) is 2.95. The molecule has 2 atom stereocenters. The molecule has 1 aromatic heterocycles. The zero-order valence-electron chi connectivity index (χ0n) is 13.5. The van der Waals surface area contributed by atoms with Gasteiger partial charge in [-0.25, -0.2) is 0 Å². The third-order valence-electron chi connectivity index (χ3n) is 4.67. The minimum Gasteiger partial charge on any atom is -0.497 e. The van der Waals surface area contributed by atoms with E-state index in [9.17, 15) is 9.90 Å². The Kier molecular flexibility index (Phi) is 4.86. The Morgan fingerprint density at radius 3 is 3.09 bits per heavy atom. The molecule has 2 unspecified atom stereocenters. The lowest BCUT2D eigenvalue weighted by Crippen LogP contribution is -2.33. The maximum atomic E-state index is 12.2. The first kappa shape index (κ1) is 15.9. The molecular formula is C18H24N2O3. The van der Waals surface area contributed by atoms with Crippen LogP contribution in [0.15, 0.2) is 24.4 Å². The van der Waals surface area contributed by atoms with Crippen LogP contribution < -0.4 is 10.1 Å². The highest BCUT2D eigenvalue weighted by Crippen LogP contribution is 2.25. The Morgan fingerprint density at radius 1 is 1.43 bits per heavy atom. The van der Waals surface area contributed by atoms with Gasteiger partial charge in [0.25, 0.3) is 0 Å². The molecule has 5 nitrogen and oxygen atoms in total. The van der Waals surface area contributed by atoms with Crippen LogP contribution in [-0.4, -0.2) is 35.8 Å². The second kappa shape index (κ2) is 7.04. The normalized spacial score (nSPS) is 21.3. The molecule has 1 aliphatic carbocycles. The molecule has 5 heteroatoms. The molecule has 0 spiro atoms. The van der Waals surface area contributed by atoms with Gasteiger partial charge in [0.05, 0.1) is 19.6 Å². The number of fused-ring (bicyclic) bond motifs is 1. The molecule has 1 amide bonds. The van der Waals surface area contributed by atoms with Crippen molar-refractivity contribution in [2.45, 2.75) is 38.2 Å². The van der Waals surface area contributed by atoms with E-state index in [1.807, 2.05) is 24.4 Å². The Labute approximate surface area is 136 Å². The SMILES string of the molecule is COc1ccc2[nH]cc(CC(=O)NCC3CCCC(O)C3)c2c1. The number of aromatic amines is 1. The summed E-state index contributed by atoms with van der Waals surface area (Å²) < 4.78 is 5.25. The minimum absolute atomic E-state index is 0.0220. The summed E-state index contributed by atoms with van der Waals surface area (Å²) >= 11 is 0. The van der Waals surface area contributed by atoms with E-state index in [4.69, 9.17) is 4.74 Å². The number of methoxy groups -OCH3 is 1. The van der Waals surface area contributed by atoms with Crippen LogP contribution in [-0.2, 0) is 11.2 Å². The predicted octanol–water partition coefficient (Wildman–Crippen LogP) is 2.39. The van der Waals surface area contributed by atoms with E-state index in [2.05, 4.69) is 10.3 Å². The van der Waals surface area contributed by atoms with Crippen molar-refractivity contribution in [2.24, 2.45) is 5.92 Å². The lowest BCUT2D eigenvalue weighted by atomic mass is 9.87. The minimum atomic E-state index is -0.202. The number of aliphatic hydroxyl groups excluding tert-OH is 1. The third-order valence-corrected chi connectivity index (χ3v) is 4.67. The van der Waals surface area contributed by atoms with Crippen LogP contribution in [0, 0.1) is 5.92 Å². The number of rotatable bonds is 5. The molecule has 0 radical (unpaired) electrons. The zero-order valence-corrected chi connectivity index (χ0v) is 13.5. The molecule has 3 rings (SSSR count). The average molecular weight is 316 g/mol. The smallest absolute Gasteiger partial charge is 0.224 e. The second-order valence-corrected chi connectivity index (χ2v) is 6.39. The second-order valence-electron chi connectivity index (χ2n) is 6.39. The van der Waals surface area contributed by atoms with Crippen molar-refractivity contribution in [3.8, 4) is 5.75 Å². The predicted molar refractivity (Wildman–Crippen MR) is 89.5 cm³/mol. The number of ether oxygens (including phenoxy) is 1. The first-order chi connectivity index (χ1) is 11.2. The van der Waals surface area contributed by atoms with Crippen LogP contribution in [0.2, 0.25) is 0 Å². The van der Waals surface area contributed by atoms with Crippen molar-refractivity contribution in [2.75, 3.05) is 13.7 Å². The standard InChI is InChI=1S/C18H24N2O3/c1-23-15-5-6-17-16(9-15)13(11-19-17)8-18(22)20-10-12-3-2-4-14(21)7-12/h5-6,9,11-12,14,19,21H,2-4,7-8,10H2,1H3,(H,20,22). The van der Waals surface area contributed by atoms with E-state index in [-0.39, 0.29) is 12.0 Å². The van der Waals surface area contributed by atoms with Gasteiger partial charge in [0.2, 0.25) is 5.91 Å². The van der Waals surface area contributed by atoms with Gasteiger partial charge in [-0.3, -0.25) is 4.79 Å². The lowest BCUT2D eigenvalue weighted by Gasteiger charge is -2.25. The molecule has 0 bridgehead atoms. The quantitative estimate of drug-likeness (QED) is 0.793. The zero-order chi connectivity index (χ0) is 16.2. The van der Waals surface area contributed by atoms with Gasteiger partial charge in [0, 0.05) is 23.6 Å². The summed E-state index contributed by atoms with van der Waals surface area (Å²) in [5, 5.41) is 13.7. The molecule has 1 fully saturated rings. The Bertz CT molecular complexity index is 680. The molecule has 23 heavy (non-hydrogen) atoms. The summed E-state index contributed by atoms with van der Waals surface area (Å²) in [4.78, 5) is 15.4. The molecule has 1 saturated carbocycles. The topological polar surface area (TPSA) is 74.4 Å². The number of amides is 1. The van der Waals surface area contributed by atoms with Crippen molar-refractivity contribution in [3.63, 3.8) is 0 Å². The summed E-state index contributed by atoms with van der Waals surface area (Å²) in [5.74, 6) is 1.20. The highest BCUT2D eigenvalue weighted by molar-refractivity contribution is 5.89. The Hall–Kier alpha value is -2.01. The van der Waals surface area contributed by atoms with Gasteiger partial charge in [0.15, 0.2) is 0 Å². The third kappa shape index (κ3) is 3.85. The fraction of sp³-hybridized carbons (Fsp3) is 0.500. The number of H-pyrrole nitrogens is 1. The molecular weight excluding hydrogens is 292 g/mol. The number of benzene rings is 1. The maximum Gasteiger partial charge on any atom is 0.224 e. The van der Waals surface area contributed by atoms with Crippen molar-refractivity contribution < 1.29 is 14.6 Å². The fourth-order valence-electron chi connectivity index (χ4n) is 3.37. The van der Waals surface area contributed by atoms with Gasteiger partial charge in [-0.1, -0.05) is 6.42 Å². The number of carbonyl (C=O) groups is 1. The van der Waals surface area contributed by atoms with E-state index in [0.717, 1.165) is 47.9 Å². The number of hydrogen-bond acceptors (Lipinski definition) is 3. The van der Waals surface area contributed by atoms with E-state index in [0.29, 0.717) is 18.9 Å². The van der Waals surface area contributed by atoms with Gasteiger partial charge in [-0.2, -0.15) is 0 Å². The Morgan fingerprint density at radius 2 is 2.30 bits per heavy atom. The lowest BCUT2D eigenvalue weighted by molar-refractivity contribution is -0.120. The van der Waals surface area contributed by atoms with Crippen molar-refractivity contribution in [1.29, 1.82) is 0 Å². The van der Waals surface area contributed by atoms with Crippen molar-refractivity contribution in [1.82, 2.24) is 10.3 Å².